The predicted molar refractivity (Wildman–Crippen MR) is 155 cm³/mol. The lowest BCUT2D eigenvalue weighted by atomic mass is 9.80. The summed E-state index contributed by atoms with van der Waals surface area (Å²) in [5.41, 5.74) is 8.86. The van der Waals surface area contributed by atoms with E-state index in [2.05, 4.69) is 122 Å². The third kappa shape index (κ3) is 2.74. The smallest absolute Gasteiger partial charge is 0.225 e. The first kappa shape index (κ1) is 24.6. The molecule has 0 N–H and O–H groups in total. The van der Waals surface area contributed by atoms with Crippen LogP contribution in [0.15, 0.2) is 30.3 Å². The molecule has 4 aromatic rings. The van der Waals surface area contributed by atoms with E-state index in [0.29, 0.717) is 23.8 Å². The summed E-state index contributed by atoms with van der Waals surface area (Å²) in [5, 5.41) is 6.15. The molecule has 186 valence electrons. The van der Waals surface area contributed by atoms with Crippen LogP contribution >= 0.6 is 0 Å². The molecule has 3 heteroatoms. The summed E-state index contributed by atoms with van der Waals surface area (Å²) < 4.78 is 5.46. The molecule has 0 unspecified atom stereocenters. The van der Waals surface area contributed by atoms with Gasteiger partial charge in [-0.1, -0.05) is 85.0 Å². The third-order valence-corrected chi connectivity index (χ3v) is 14.8. The quantitative estimate of drug-likeness (QED) is 0.158. The van der Waals surface area contributed by atoms with Crippen LogP contribution in [0.25, 0.3) is 27.3 Å². The molecule has 0 radical (unpaired) electrons. The molecule has 0 aliphatic carbocycles. The summed E-state index contributed by atoms with van der Waals surface area (Å²) in [7, 11) is -1.96. The van der Waals surface area contributed by atoms with Crippen LogP contribution in [0, 0.1) is 25.7 Å². The zero-order valence-electron chi connectivity index (χ0n) is 24.1. The molecule has 0 amide bonds. The number of benzene rings is 2. The molecule has 3 heterocycles. The first-order chi connectivity index (χ1) is 16.3. The number of fused-ring (bicyclic) bond motifs is 3. The molecule has 1 aliphatic heterocycles. The number of hydrogen-bond donors (Lipinski definition) is 0. The number of imidazole rings is 1. The van der Waals surface area contributed by atoms with Crippen LogP contribution < -0.4 is 9.59 Å². The fourth-order valence-electron chi connectivity index (χ4n) is 8.67. The van der Waals surface area contributed by atoms with Gasteiger partial charge in [-0.3, -0.25) is 0 Å². The number of pyridine rings is 1. The van der Waals surface area contributed by atoms with Crippen LogP contribution in [0.2, 0.25) is 13.1 Å². The molecular weight excluding hydrogens is 440 g/mol. The van der Waals surface area contributed by atoms with E-state index in [9.17, 15) is 0 Å². The Morgan fingerprint density at radius 3 is 2.00 bits per heavy atom. The van der Waals surface area contributed by atoms with Crippen molar-refractivity contribution < 1.29 is 4.40 Å². The van der Waals surface area contributed by atoms with Crippen molar-refractivity contribution in [3.63, 3.8) is 0 Å². The van der Waals surface area contributed by atoms with E-state index in [1.54, 1.807) is 10.9 Å². The number of aryl methyl sites for hydroxylation is 1. The maximum Gasteiger partial charge on any atom is 0.295 e. The van der Waals surface area contributed by atoms with E-state index < -0.39 is 8.07 Å². The van der Waals surface area contributed by atoms with Gasteiger partial charge >= 0.3 is 0 Å². The van der Waals surface area contributed by atoms with Crippen LogP contribution in [0.4, 0.5) is 0 Å². The Hall–Kier alpha value is -2.13. The van der Waals surface area contributed by atoms with Crippen LogP contribution in [0.5, 0.6) is 0 Å². The lowest BCUT2D eigenvalue weighted by Crippen LogP contribution is -2.71. The molecule has 0 atom stereocenters. The molecular formula is C32H45N2Si+. The predicted octanol–water partition coefficient (Wildman–Crippen LogP) is 7.87. The molecule has 0 saturated carbocycles. The lowest BCUT2D eigenvalue weighted by Gasteiger charge is -2.52. The zero-order valence-corrected chi connectivity index (χ0v) is 25.1. The van der Waals surface area contributed by atoms with Gasteiger partial charge in [-0.15, -0.1) is 0 Å². The third-order valence-electron chi connectivity index (χ3n) is 9.63. The van der Waals surface area contributed by atoms with E-state index in [1.165, 1.54) is 44.1 Å². The van der Waals surface area contributed by atoms with Gasteiger partial charge in [0.25, 0.3) is 5.65 Å². The topological polar surface area (TPSA) is 9.03 Å². The molecule has 0 spiro atoms. The van der Waals surface area contributed by atoms with Crippen LogP contribution in [-0.2, 0) is 5.04 Å². The standard InChI is InChI=1S/C32H45N2Si/c1-18(2)24-14-13-15-25-27-22(9)16-17-26-29(27)34-30(23(10)33(21(7)8)31(34)28(24)25)32(19(3)4,20(5)6)35(26,11)12/h13-21H,1-12H3/q+1. The molecule has 1 aliphatic rings. The minimum Gasteiger partial charge on any atom is -0.225 e. The Morgan fingerprint density at radius 1 is 0.829 bits per heavy atom. The molecule has 0 saturated heterocycles. The Morgan fingerprint density at radius 2 is 1.46 bits per heavy atom. The van der Waals surface area contributed by atoms with Crippen LogP contribution in [0.1, 0.15) is 89.9 Å². The highest BCUT2D eigenvalue weighted by molar-refractivity contribution is 6.94. The second-order valence-electron chi connectivity index (χ2n) is 12.9. The van der Waals surface area contributed by atoms with E-state index in [0.717, 1.165) is 0 Å². The van der Waals surface area contributed by atoms with Gasteiger partial charge in [0.05, 0.1) is 11.4 Å². The maximum absolute atomic E-state index is 2.78. The van der Waals surface area contributed by atoms with E-state index in [1.807, 2.05) is 0 Å². The molecule has 2 aromatic carbocycles. The average molecular weight is 486 g/mol. The molecule has 5 rings (SSSR count). The highest BCUT2D eigenvalue weighted by Crippen LogP contribution is 2.51. The SMILES string of the molecule is Cc1ccc2c3c1c1cccc(C(C)C)c1c1n(C(C)C)c(C)c([n+]31)C(C(C)C)(C(C)C)[Si]2(C)C. The van der Waals surface area contributed by atoms with Crippen LogP contribution in [-0.4, -0.2) is 12.6 Å². The maximum atomic E-state index is 2.78. The Balaban J connectivity index is 2.28. The summed E-state index contributed by atoms with van der Waals surface area (Å²) in [4.78, 5) is 0. The molecule has 2 aromatic heterocycles. The van der Waals surface area contributed by atoms with E-state index in [4.69, 9.17) is 0 Å². The fraction of sp³-hybridized carbons (Fsp3) is 0.531. The van der Waals surface area contributed by atoms with Gasteiger partial charge < -0.3 is 0 Å². The fourth-order valence-corrected chi connectivity index (χ4v) is 14.2. The Labute approximate surface area is 213 Å². The summed E-state index contributed by atoms with van der Waals surface area (Å²) in [6.45, 7) is 29.5. The van der Waals surface area contributed by atoms with Crippen molar-refractivity contribution in [2.45, 2.75) is 99.3 Å². The Bertz CT molecular complexity index is 1490. The normalized spacial score (nSPS) is 16.9. The Kier molecular flexibility index (Phi) is 5.39. The van der Waals surface area contributed by atoms with Crippen molar-refractivity contribution in [3.8, 4) is 0 Å². The number of hydrogen-bond acceptors (Lipinski definition) is 0. The summed E-state index contributed by atoms with van der Waals surface area (Å²) in [6.07, 6.45) is 0. The molecule has 0 fully saturated rings. The van der Waals surface area contributed by atoms with Gasteiger partial charge in [0.2, 0.25) is 0 Å². The van der Waals surface area contributed by atoms with Crippen molar-refractivity contribution in [1.29, 1.82) is 0 Å². The second-order valence-corrected chi connectivity index (χ2v) is 17.6. The van der Waals surface area contributed by atoms with Gasteiger partial charge in [0.1, 0.15) is 19.3 Å². The van der Waals surface area contributed by atoms with Crippen LogP contribution in [0.3, 0.4) is 0 Å². The zero-order chi connectivity index (χ0) is 25.8. The number of rotatable bonds is 4. The van der Waals surface area contributed by atoms with Gasteiger partial charge in [-0.05, 0) is 54.8 Å². The monoisotopic (exact) mass is 485 g/mol. The lowest BCUT2D eigenvalue weighted by molar-refractivity contribution is -0.496. The summed E-state index contributed by atoms with van der Waals surface area (Å²) >= 11 is 0. The van der Waals surface area contributed by atoms with Gasteiger partial charge in [0.15, 0.2) is 5.69 Å². The van der Waals surface area contributed by atoms with E-state index >= 15 is 0 Å². The average Bonchev–Trinajstić information content (AvgIpc) is 3.06. The largest absolute Gasteiger partial charge is 0.295 e. The summed E-state index contributed by atoms with van der Waals surface area (Å²) in [5.74, 6) is 1.58. The van der Waals surface area contributed by atoms with Gasteiger partial charge in [0, 0.05) is 22.7 Å². The molecule has 2 nitrogen and oxygen atoms in total. The van der Waals surface area contributed by atoms with Crippen molar-refractivity contribution in [3.05, 3.63) is 52.8 Å². The first-order valence-corrected chi connectivity index (χ1v) is 16.8. The number of aromatic nitrogens is 2. The van der Waals surface area contributed by atoms with Crippen molar-refractivity contribution in [2.75, 3.05) is 0 Å². The minimum absolute atomic E-state index is 0.149. The highest BCUT2D eigenvalue weighted by atomic mass is 28.3. The second kappa shape index (κ2) is 7.68. The van der Waals surface area contributed by atoms with Gasteiger partial charge in [-0.25, -0.2) is 4.57 Å². The van der Waals surface area contributed by atoms with Crippen molar-refractivity contribution in [1.82, 2.24) is 4.57 Å². The molecule has 35 heavy (non-hydrogen) atoms. The highest BCUT2D eigenvalue weighted by Gasteiger charge is 2.61. The van der Waals surface area contributed by atoms with Gasteiger partial charge in [-0.2, -0.15) is 4.40 Å². The molecule has 0 bridgehead atoms. The first-order valence-electron chi connectivity index (χ1n) is 13.8. The van der Waals surface area contributed by atoms with Crippen molar-refractivity contribution in [2.24, 2.45) is 11.8 Å². The summed E-state index contributed by atoms with van der Waals surface area (Å²) in [6, 6.07) is 12.4. The van der Waals surface area contributed by atoms with Crippen molar-refractivity contribution >= 4 is 40.6 Å². The number of nitrogens with zero attached hydrogens (tertiary/aromatic N) is 2. The minimum atomic E-state index is -1.96. The van der Waals surface area contributed by atoms with E-state index in [-0.39, 0.29) is 5.04 Å².